The Bertz CT molecular complexity index is 448. The molecule has 0 aliphatic rings. The number of methoxy groups -OCH3 is 1. The van der Waals surface area contributed by atoms with E-state index >= 15 is 0 Å². The number of rotatable bonds is 7. The molecule has 3 N–H and O–H groups in total. The van der Waals surface area contributed by atoms with Crippen LogP contribution in [0.3, 0.4) is 0 Å². The second-order valence-corrected chi connectivity index (χ2v) is 5.15. The normalized spacial score (nSPS) is 12.1. The molecule has 20 heavy (non-hydrogen) atoms. The maximum atomic E-state index is 11.5. The van der Waals surface area contributed by atoms with E-state index in [1.54, 1.807) is 0 Å². The Morgan fingerprint density at radius 1 is 1.35 bits per heavy atom. The van der Waals surface area contributed by atoms with Crippen LogP contribution in [0.5, 0.6) is 5.75 Å². The molecule has 112 valence electrons. The third-order valence-electron chi connectivity index (χ3n) is 2.29. The summed E-state index contributed by atoms with van der Waals surface area (Å²) in [5, 5.41) is 3.65. The van der Waals surface area contributed by atoms with Crippen molar-refractivity contribution in [2.24, 2.45) is 5.73 Å². The highest BCUT2D eigenvalue weighted by molar-refractivity contribution is 6.40. The minimum atomic E-state index is -0.706. The lowest BCUT2D eigenvalue weighted by molar-refractivity contribution is -0.123. The van der Waals surface area contributed by atoms with E-state index in [9.17, 15) is 4.79 Å². The number of carbonyl (C=O) groups is 1. The number of nitrogens with two attached hydrogens (primary N) is 1. The van der Waals surface area contributed by atoms with Crippen molar-refractivity contribution in [2.75, 3.05) is 26.9 Å². The zero-order chi connectivity index (χ0) is 15.1. The number of amides is 1. The minimum absolute atomic E-state index is 0.154. The van der Waals surface area contributed by atoms with E-state index in [0.29, 0.717) is 20.8 Å². The predicted octanol–water partition coefficient (Wildman–Crippen LogP) is 2.12. The standard InChI is InChI=1S/C12H15Cl3N2O3/c1-19-6-10(16)12(18)17-2-3-20-11-8(14)4-7(13)5-9(11)15/h4-5,10H,2-3,6,16H2,1H3,(H,17,18). The maximum absolute atomic E-state index is 11.5. The first-order valence-corrected chi connectivity index (χ1v) is 6.88. The van der Waals surface area contributed by atoms with Gasteiger partial charge in [0.2, 0.25) is 5.91 Å². The molecule has 8 heteroatoms. The number of carbonyl (C=O) groups excluding carboxylic acids is 1. The molecule has 1 rings (SSSR count). The SMILES string of the molecule is COCC(N)C(=O)NCCOc1c(Cl)cc(Cl)cc1Cl. The molecule has 1 amide bonds. The Balaban J connectivity index is 2.40. The topological polar surface area (TPSA) is 73.6 Å². The lowest BCUT2D eigenvalue weighted by Gasteiger charge is -2.13. The Hall–Kier alpha value is -0.720. The molecule has 5 nitrogen and oxygen atoms in total. The number of hydrogen-bond donors (Lipinski definition) is 2. The van der Waals surface area contributed by atoms with E-state index in [0.717, 1.165) is 0 Å². The molecular formula is C12H15Cl3N2O3. The lowest BCUT2D eigenvalue weighted by Crippen LogP contribution is -2.44. The Kier molecular flexibility index (Phi) is 7.40. The number of ether oxygens (including phenoxy) is 2. The van der Waals surface area contributed by atoms with E-state index in [1.807, 2.05) is 0 Å². The molecule has 0 radical (unpaired) electrons. The third kappa shape index (κ3) is 5.34. The van der Waals surface area contributed by atoms with Crippen LogP contribution < -0.4 is 15.8 Å². The quantitative estimate of drug-likeness (QED) is 0.745. The van der Waals surface area contributed by atoms with E-state index in [-0.39, 0.29) is 25.7 Å². The molecule has 0 fully saturated rings. The first-order valence-electron chi connectivity index (χ1n) is 5.75. The van der Waals surface area contributed by atoms with E-state index in [2.05, 4.69) is 5.32 Å². The largest absolute Gasteiger partial charge is 0.489 e. The van der Waals surface area contributed by atoms with Gasteiger partial charge in [0.25, 0.3) is 0 Å². The van der Waals surface area contributed by atoms with Crippen LogP contribution in [-0.2, 0) is 9.53 Å². The zero-order valence-electron chi connectivity index (χ0n) is 10.8. The highest BCUT2D eigenvalue weighted by Gasteiger charge is 2.13. The molecule has 0 spiro atoms. The molecule has 1 atom stereocenters. The van der Waals surface area contributed by atoms with Crippen LogP contribution in [0.15, 0.2) is 12.1 Å². The first-order chi connectivity index (χ1) is 9.45. The summed E-state index contributed by atoms with van der Waals surface area (Å²) in [5.74, 6) is 0.0110. The molecule has 0 aliphatic heterocycles. The van der Waals surface area contributed by atoms with Gasteiger partial charge in [-0.25, -0.2) is 0 Å². The van der Waals surface area contributed by atoms with Gasteiger partial charge >= 0.3 is 0 Å². The van der Waals surface area contributed by atoms with Crippen LogP contribution in [0.1, 0.15) is 0 Å². The van der Waals surface area contributed by atoms with Gasteiger partial charge in [-0.3, -0.25) is 4.79 Å². The van der Waals surface area contributed by atoms with E-state index in [1.165, 1.54) is 19.2 Å². The molecule has 0 saturated heterocycles. The summed E-state index contributed by atoms with van der Waals surface area (Å²) in [6, 6.07) is 2.34. The van der Waals surface area contributed by atoms with Crippen LogP contribution in [0.25, 0.3) is 0 Å². The van der Waals surface area contributed by atoms with Crippen molar-refractivity contribution in [1.82, 2.24) is 5.32 Å². The molecular weight excluding hydrogens is 327 g/mol. The van der Waals surface area contributed by atoms with Crippen LogP contribution >= 0.6 is 34.8 Å². The van der Waals surface area contributed by atoms with Gasteiger partial charge in [0, 0.05) is 12.1 Å². The second kappa shape index (κ2) is 8.54. The Labute approximate surface area is 132 Å². The second-order valence-electron chi connectivity index (χ2n) is 3.90. The average molecular weight is 342 g/mol. The number of nitrogens with one attached hydrogen (secondary N) is 1. The number of hydrogen-bond acceptors (Lipinski definition) is 4. The van der Waals surface area contributed by atoms with Gasteiger partial charge in [-0.2, -0.15) is 0 Å². The van der Waals surface area contributed by atoms with Crippen molar-refractivity contribution < 1.29 is 14.3 Å². The lowest BCUT2D eigenvalue weighted by atomic mass is 10.3. The molecule has 0 saturated carbocycles. The number of halogens is 3. The molecule has 1 aromatic rings. The van der Waals surface area contributed by atoms with E-state index < -0.39 is 6.04 Å². The van der Waals surface area contributed by atoms with E-state index in [4.69, 9.17) is 50.0 Å². The van der Waals surface area contributed by atoms with Crippen LogP contribution in [0.2, 0.25) is 15.1 Å². The first kappa shape index (κ1) is 17.3. The summed E-state index contributed by atoms with van der Waals surface area (Å²) in [6.45, 7) is 0.625. The summed E-state index contributed by atoms with van der Waals surface area (Å²) < 4.78 is 10.2. The van der Waals surface area contributed by atoms with Gasteiger partial charge in [0.15, 0.2) is 5.75 Å². The fourth-order valence-electron chi connectivity index (χ4n) is 1.38. The van der Waals surface area contributed by atoms with Gasteiger partial charge in [-0.05, 0) is 12.1 Å². The highest BCUT2D eigenvalue weighted by atomic mass is 35.5. The molecule has 0 aromatic heterocycles. The monoisotopic (exact) mass is 340 g/mol. The third-order valence-corrected chi connectivity index (χ3v) is 3.07. The smallest absolute Gasteiger partial charge is 0.239 e. The average Bonchev–Trinajstić information content (AvgIpc) is 2.36. The molecule has 0 bridgehead atoms. The van der Waals surface area contributed by atoms with Crippen LogP contribution in [0, 0.1) is 0 Å². The number of benzene rings is 1. The fraction of sp³-hybridized carbons (Fsp3) is 0.417. The van der Waals surface area contributed by atoms with Crippen LogP contribution in [-0.4, -0.2) is 38.8 Å². The van der Waals surface area contributed by atoms with Crippen molar-refractivity contribution in [2.45, 2.75) is 6.04 Å². The van der Waals surface area contributed by atoms with Gasteiger partial charge in [-0.1, -0.05) is 34.8 Å². The molecule has 0 heterocycles. The summed E-state index contributed by atoms with van der Waals surface area (Å²) in [4.78, 5) is 11.5. The van der Waals surface area contributed by atoms with Crippen molar-refractivity contribution in [3.63, 3.8) is 0 Å². The molecule has 1 aromatic carbocycles. The summed E-state index contributed by atoms with van der Waals surface area (Å²) >= 11 is 17.7. The van der Waals surface area contributed by atoms with Crippen molar-refractivity contribution in [3.05, 3.63) is 27.2 Å². The van der Waals surface area contributed by atoms with Gasteiger partial charge in [-0.15, -0.1) is 0 Å². The Morgan fingerprint density at radius 3 is 2.50 bits per heavy atom. The zero-order valence-corrected chi connectivity index (χ0v) is 13.1. The molecule has 0 aliphatic carbocycles. The molecule has 1 unspecified atom stereocenters. The summed E-state index contributed by atoms with van der Waals surface area (Å²) in [6.07, 6.45) is 0. The van der Waals surface area contributed by atoms with Gasteiger partial charge < -0.3 is 20.5 Å². The van der Waals surface area contributed by atoms with Crippen molar-refractivity contribution >= 4 is 40.7 Å². The predicted molar refractivity (Wildman–Crippen MR) is 79.8 cm³/mol. The fourth-order valence-corrected chi connectivity index (χ4v) is 2.31. The van der Waals surface area contributed by atoms with Gasteiger partial charge in [0.1, 0.15) is 12.6 Å². The van der Waals surface area contributed by atoms with Crippen molar-refractivity contribution in [1.29, 1.82) is 0 Å². The van der Waals surface area contributed by atoms with Gasteiger partial charge in [0.05, 0.1) is 23.2 Å². The summed E-state index contributed by atoms with van der Waals surface area (Å²) in [5.41, 5.74) is 5.55. The van der Waals surface area contributed by atoms with Crippen molar-refractivity contribution in [3.8, 4) is 5.75 Å². The maximum Gasteiger partial charge on any atom is 0.239 e. The highest BCUT2D eigenvalue weighted by Crippen LogP contribution is 2.35. The summed E-state index contributed by atoms with van der Waals surface area (Å²) in [7, 11) is 1.47. The van der Waals surface area contributed by atoms with Crippen LogP contribution in [0.4, 0.5) is 0 Å². The minimum Gasteiger partial charge on any atom is -0.489 e. The Morgan fingerprint density at radius 2 is 1.95 bits per heavy atom.